The number of benzene rings is 2. The summed E-state index contributed by atoms with van der Waals surface area (Å²) in [5.74, 6) is 0.856. The van der Waals surface area contributed by atoms with Crippen molar-refractivity contribution in [2.45, 2.75) is 107 Å². The van der Waals surface area contributed by atoms with E-state index in [-0.39, 0.29) is 28.4 Å². The van der Waals surface area contributed by atoms with Gasteiger partial charge in [0.2, 0.25) is 0 Å². The monoisotopic (exact) mass is 590 g/mol. The van der Waals surface area contributed by atoms with E-state index in [1.165, 1.54) is 24.8 Å². The van der Waals surface area contributed by atoms with Gasteiger partial charge in [0.1, 0.15) is 5.75 Å². The van der Waals surface area contributed by atoms with Crippen molar-refractivity contribution in [3.05, 3.63) is 106 Å². The molecule has 1 unspecified atom stereocenters. The normalized spacial score (nSPS) is 17.9. The summed E-state index contributed by atoms with van der Waals surface area (Å²) in [6, 6.07) is 14.8. The molecule has 2 aliphatic rings. The molecule has 2 heteroatoms. The zero-order chi connectivity index (χ0) is 32.4. The Hall–Kier alpha value is -3.39. The van der Waals surface area contributed by atoms with E-state index in [0.29, 0.717) is 5.75 Å². The maximum atomic E-state index is 13.9. The number of phenolic OH excluding ortho intramolecular Hbond substituents is 1. The van der Waals surface area contributed by atoms with Crippen LogP contribution in [0.25, 0.3) is 16.7 Å². The van der Waals surface area contributed by atoms with E-state index in [9.17, 15) is 9.90 Å². The van der Waals surface area contributed by atoms with Gasteiger partial charge in [-0.1, -0.05) is 130 Å². The summed E-state index contributed by atoms with van der Waals surface area (Å²) in [6.45, 7) is 21.5. The fourth-order valence-corrected chi connectivity index (χ4v) is 6.57. The van der Waals surface area contributed by atoms with Crippen LogP contribution in [-0.4, -0.2) is 10.9 Å². The second kappa shape index (κ2) is 13.3. The molecule has 0 amide bonds. The lowest BCUT2D eigenvalue weighted by Gasteiger charge is -2.34. The predicted octanol–water partition coefficient (Wildman–Crippen LogP) is 11.9. The van der Waals surface area contributed by atoms with Gasteiger partial charge in [-0.05, 0) is 93.4 Å². The van der Waals surface area contributed by atoms with E-state index in [0.717, 1.165) is 63.0 Å². The summed E-state index contributed by atoms with van der Waals surface area (Å²) in [5.41, 5.74) is 9.77. The van der Waals surface area contributed by atoms with Gasteiger partial charge in [-0.3, -0.25) is 4.79 Å². The van der Waals surface area contributed by atoms with Crippen molar-refractivity contribution in [1.29, 1.82) is 0 Å². The van der Waals surface area contributed by atoms with Crippen LogP contribution in [0.4, 0.5) is 0 Å². The van der Waals surface area contributed by atoms with Crippen molar-refractivity contribution in [3.8, 4) is 16.9 Å². The second-order valence-corrected chi connectivity index (χ2v) is 15.2. The van der Waals surface area contributed by atoms with Crippen LogP contribution in [-0.2, 0) is 4.79 Å². The molecular formula is C42H54O2. The fourth-order valence-electron chi connectivity index (χ4n) is 6.57. The maximum Gasteiger partial charge on any atom is 0.186 e. The molecule has 2 aromatic rings. The van der Waals surface area contributed by atoms with Crippen molar-refractivity contribution in [3.63, 3.8) is 0 Å². The minimum atomic E-state index is -0.298. The van der Waals surface area contributed by atoms with Crippen molar-refractivity contribution in [2.24, 2.45) is 16.7 Å². The molecule has 4 rings (SSSR count). The van der Waals surface area contributed by atoms with Gasteiger partial charge in [0.15, 0.2) is 5.78 Å². The molecule has 2 nitrogen and oxygen atoms in total. The Morgan fingerprint density at radius 1 is 0.841 bits per heavy atom. The lowest BCUT2D eigenvalue weighted by Crippen LogP contribution is -2.28. The largest absolute Gasteiger partial charge is 0.507 e. The molecule has 0 bridgehead atoms. The molecule has 0 radical (unpaired) electrons. The Morgan fingerprint density at radius 2 is 1.45 bits per heavy atom. The number of unbranched alkanes of at least 4 members (excludes halogenated alkanes) is 3. The third-order valence-corrected chi connectivity index (χ3v) is 9.14. The lowest BCUT2D eigenvalue weighted by molar-refractivity contribution is -0.114. The zero-order valence-corrected chi connectivity index (χ0v) is 28.9. The number of rotatable bonds is 8. The molecule has 0 spiro atoms. The van der Waals surface area contributed by atoms with E-state index < -0.39 is 0 Å². The summed E-state index contributed by atoms with van der Waals surface area (Å²) < 4.78 is 0. The summed E-state index contributed by atoms with van der Waals surface area (Å²) in [6.07, 6.45) is 14.8. The van der Waals surface area contributed by atoms with Gasteiger partial charge < -0.3 is 5.11 Å². The first-order chi connectivity index (χ1) is 20.6. The fraction of sp³-hybridized carbons (Fsp3) is 0.452. The maximum absolute atomic E-state index is 13.9. The van der Waals surface area contributed by atoms with Crippen LogP contribution in [0.2, 0.25) is 0 Å². The number of Topliss-reactive ketones (excluding diaryl/α,β-unsaturated/α-hetero) is 1. The number of carbonyl (C=O) groups excluding carboxylic acids is 1. The third-order valence-electron chi connectivity index (χ3n) is 9.14. The van der Waals surface area contributed by atoms with Crippen LogP contribution in [0.15, 0.2) is 94.6 Å². The van der Waals surface area contributed by atoms with Gasteiger partial charge in [-0.25, -0.2) is 0 Å². The van der Waals surface area contributed by atoms with Gasteiger partial charge >= 0.3 is 0 Å². The predicted molar refractivity (Wildman–Crippen MR) is 189 cm³/mol. The average Bonchev–Trinajstić information content (AvgIpc) is 2.95. The first kappa shape index (κ1) is 33.5. The Labute approximate surface area is 267 Å². The molecule has 2 aromatic carbocycles. The number of carbonyl (C=O) groups is 1. The van der Waals surface area contributed by atoms with Crippen LogP contribution in [0.5, 0.6) is 5.75 Å². The molecule has 0 heterocycles. The summed E-state index contributed by atoms with van der Waals surface area (Å²) in [7, 11) is 0. The van der Waals surface area contributed by atoms with Crippen molar-refractivity contribution in [2.75, 3.05) is 0 Å². The molecule has 0 aliphatic heterocycles. The quantitative estimate of drug-likeness (QED) is 0.311. The Bertz CT molecular complexity index is 1500. The number of phenols is 1. The number of ketones is 1. The van der Waals surface area contributed by atoms with Crippen molar-refractivity contribution >= 4 is 11.4 Å². The standard InChI is InChI=1S/C42H54O2/c1-11-12-13-15-20-30-22-21-28(4)37(34-24-31(29-18-16-14-17-19-29)23-33(27(2)3)39(34)43)38(30)32-25-35(41(5,6)7)40(44)36(26-32)42(8,9)10/h14,16-19,21-27,30,43H,11-13,15,20H2,1-10H3. The number of allylic oxidation sites excluding steroid dienone is 10. The van der Waals surface area contributed by atoms with Gasteiger partial charge in [-0.15, -0.1) is 0 Å². The van der Waals surface area contributed by atoms with Gasteiger partial charge in [-0.2, -0.15) is 0 Å². The Kier molecular flexibility index (Phi) is 10.1. The van der Waals surface area contributed by atoms with Crippen molar-refractivity contribution < 1.29 is 9.90 Å². The highest BCUT2D eigenvalue weighted by molar-refractivity contribution is 6.12. The molecule has 0 saturated carbocycles. The van der Waals surface area contributed by atoms with E-state index in [2.05, 4.69) is 130 Å². The van der Waals surface area contributed by atoms with Crippen LogP contribution < -0.4 is 0 Å². The first-order valence-electron chi connectivity index (χ1n) is 16.7. The van der Waals surface area contributed by atoms with Gasteiger partial charge in [0.25, 0.3) is 0 Å². The van der Waals surface area contributed by atoms with Crippen LogP contribution in [0, 0.1) is 16.7 Å². The van der Waals surface area contributed by atoms with Crippen LogP contribution in [0.1, 0.15) is 118 Å². The lowest BCUT2D eigenvalue weighted by atomic mass is 9.69. The van der Waals surface area contributed by atoms with Crippen molar-refractivity contribution in [1.82, 2.24) is 0 Å². The number of hydrogen-bond donors (Lipinski definition) is 1. The second-order valence-electron chi connectivity index (χ2n) is 15.2. The van der Waals surface area contributed by atoms with Crippen LogP contribution in [0.3, 0.4) is 0 Å². The minimum absolute atomic E-state index is 0.151. The zero-order valence-electron chi connectivity index (χ0n) is 28.9. The first-order valence-corrected chi connectivity index (χ1v) is 16.7. The molecule has 1 atom stereocenters. The topological polar surface area (TPSA) is 37.3 Å². The molecular weight excluding hydrogens is 536 g/mol. The number of aromatic hydroxyl groups is 1. The smallest absolute Gasteiger partial charge is 0.186 e. The Balaban J connectivity index is 2.08. The molecule has 2 aliphatic carbocycles. The van der Waals surface area contributed by atoms with E-state index >= 15 is 0 Å². The molecule has 44 heavy (non-hydrogen) atoms. The highest BCUT2D eigenvalue weighted by Gasteiger charge is 2.36. The van der Waals surface area contributed by atoms with E-state index in [1.807, 2.05) is 6.07 Å². The summed E-state index contributed by atoms with van der Waals surface area (Å²) >= 11 is 0. The molecule has 0 fully saturated rings. The molecule has 0 saturated heterocycles. The summed E-state index contributed by atoms with van der Waals surface area (Å²) in [5, 5.41) is 12.0. The molecule has 234 valence electrons. The highest BCUT2D eigenvalue weighted by Crippen LogP contribution is 2.49. The van der Waals surface area contributed by atoms with Gasteiger partial charge in [0, 0.05) is 22.6 Å². The van der Waals surface area contributed by atoms with Gasteiger partial charge in [0.05, 0.1) is 0 Å². The highest BCUT2D eigenvalue weighted by atomic mass is 16.3. The van der Waals surface area contributed by atoms with E-state index in [1.54, 1.807) is 0 Å². The molecule has 1 N–H and O–H groups in total. The summed E-state index contributed by atoms with van der Waals surface area (Å²) in [4.78, 5) is 13.9. The minimum Gasteiger partial charge on any atom is -0.507 e. The van der Waals surface area contributed by atoms with E-state index in [4.69, 9.17) is 0 Å². The molecule has 0 aromatic heterocycles. The third kappa shape index (κ3) is 7.12. The average molecular weight is 591 g/mol. The van der Waals surface area contributed by atoms with Crippen LogP contribution >= 0.6 is 0 Å². The Morgan fingerprint density at radius 3 is 2.00 bits per heavy atom. The number of hydrogen-bond acceptors (Lipinski definition) is 2. The SMILES string of the molecule is CCCCCCC1C=CC(C)=C(c2cc(-c3ccccc3)cc(C(C)C)c2O)C1=C1C=C(C(C)(C)C)C(=O)C(C(C)(C)C)=C1.